The third kappa shape index (κ3) is 6.57. The fraction of sp³-hybridized carbons (Fsp3) is 0.542. The molecule has 7 nitrogen and oxygen atoms in total. The lowest BCUT2D eigenvalue weighted by molar-refractivity contribution is -0.123. The summed E-state index contributed by atoms with van der Waals surface area (Å²) >= 11 is 0. The van der Waals surface area contributed by atoms with Crippen molar-refractivity contribution in [3.63, 3.8) is 0 Å². The number of nitrogens with one attached hydrogen (secondary N) is 2. The van der Waals surface area contributed by atoms with Gasteiger partial charge in [0.15, 0.2) is 11.7 Å². The van der Waals surface area contributed by atoms with E-state index in [9.17, 15) is 9.59 Å². The molecule has 1 aliphatic rings. The van der Waals surface area contributed by atoms with Gasteiger partial charge < -0.3 is 19.8 Å². The number of carbonyl (C=O) groups excluding carboxylic acids is 2. The molecule has 0 radical (unpaired) electrons. The smallest absolute Gasteiger partial charge is 0.407 e. The zero-order valence-electron chi connectivity index (χ0n) is 18.9. The van der Waals surface area contributed by atoms with Crippen LogP contribution >= 0.6 is 0 Å². The van der Waals surface area contributed by atoms with Crippen LogP contribution in [0.25, 0.3) is 11.3 Å². The van der Waals surface area contributed by atoms with Gasteiger partial charge in [0.1, 0.15) is 5.60 Å². The van der Waals surface area contributed by atoms with Gasteiger partial charge in [-0.2, -0.15) is 0 Å². The summed E-state index contributed by atoms with van der Waals surface area (Å²) in [5, 5.41) is 5.98. The minimum atomic E-state index is -0.553. The Morgan fingerprint density at radius 2 is 1.84 bits per heavy atom. The van der Waals surface area contributed by atoms with Crippen LogP contribution in [0, 0.1) is 6.92 Å². The number of nitrogens with zero attached hydrogens (tertiary/aromatic N) is 1. The van der Waals surface area contributed by atoms with Crippen LogP contribution in [0.5, 0.6) is 0 Å². The first-order chi connectivity index (χ1) is 14.7. The molecule has 2 N–H and O–H groups in total. The fourth-order valence-electron chi connectivity index (χ4n) is 3.95. The van der Waals surface area contributed by atoms with Gasteiger partial charge in [-0.1, -0.05) is 43.2 Å². The number of alkyl carbamates (subject to hydrolysis) is 1. The van der Waals surface area contributed by atoms with Crippen LogP contribution in [0.4, 0.5) is 4.79 Å². The molecule has 1 aromatic heterocycles. The predicted octanol–water partition coefficient (Wildman–Crippen LogP) is 4.54. The average Bonchev–Trinajstić information content (AvgIpc) is 3.31. The molecule has 2 aromatic rings. The highest BCUT2D eigenvalue weighted by Gasteiger charge is 2.36. The molecular weight excluding hydrogens is 394 g/mol. The number of aromatic nitrogens is 1. The number of benzene rings is 1. The Balaban J connectivity index is 1.54. The Hall–Kier alpha value is -2.83. The van der Waals surface area contributed by atoms with Gasteiger partial charge in [0.25, 0.3) is 0 Å². The summed E-state index contributed by atoms with van der Waals surface area (Å²) in [5.74, 6) is 1.23. The topological polar surface area (TPSA) is 93.5 Å². The van der Waals surface area contributed by atoms with Gasteiger partial charge in [0.2, 0.25) is 5.91 Å². The van der Waals surface area contributed by atoms with E-state index in [0.29, 0.717) is 18.9 Å². The number of carbonyl (C=O) groups is 2. The summed E-state index contributed by atoms with van der Waals surface area (Å²) in [5.41, 5.74) is 0.815. The maximum atomic E-state index is 12.7. The number of aryl methyl sites for hydroxylation is 2. The molecule has 3 rings (SSSR count). The van der Waals surface area contributed by atoms with Crippen LogP contribution in [-0.4, -0.2) is 34.7 Å². The van der Waals surface area contributed by atoms with Gasteiger partial charge in [-0.05, 0) is 40.5 Å². The van der Waals surface area contributed by atoms with Gasteiger partial charge in [-0.25, -0.2) is 9.78 Å². The van der Waals surface area contributed by atoms with E-state index < -0.39 is 17.2 Å². The molecule has 1 aromatic carbocycles. The van der Waals surface area contributed by atoms with E-state index in [2.05, 4.69) is 15.6 Å². The van der Waals surface area contributed by atoms with Gasteiger partial charge in [0.05, 0.1) is 11.2 Å². The monoisotopic (exact) mass is 427 g/mol. The molecule has 7 heteroatoms. The quantitative estimate of drug-likeness (QED) is 0.677. The first kappa shape index (κ1) is 22.8. The minimum absolute atomic E-state index is 0.0648. The maximum absolute atomic E-state index is 12.7. The summed E-state index contributed by atoms with van der Waals surface area (Å²) in [6.45, 7) is 7.75. The molecule has 2 amide bonds. The highest BCUT2D eigenvalue weighted by atomic mass is 16.6. The number of amides is 2. The van der Waals surface area contributed by atoms with Crippen molar-refractivity contribution in [3.8, 4) is 11.3 Å². The Bertz CT molecular complexity index is 893. The largest absolute Gasteiger partial charge is 0.444 e. The van der Waals surface area contributed by atoms with E-state index in [0.717, 1.165) is 42.7 Å². The molecule has 1 saturated carbocycles. The molecule has 0 spiro atoms. The number of hydrogen-bond donors (Lipinski definition) is 2. The second-order valence-electron chi connectivity index (χ2n) is 9.28. The normalized spacial score (nSPS) is 15.5. The van der Waals surface area contributed by atoms with Gasteiger partial charge in [-0.15, -0.1) is 0 Å². The zero-order chi connectivity index (χ0) is 22.5. The van der Waals surface area contributed by atoms with Crippen molar-refractivity contribution < 1.29 is 18.7 Å². The highest BCUT2D eigenvalue weighted by Crippen LogP contribution is 2.30. The van der Waals surface area contributed by atoms with Gasteiger partial charge in [-0.3, -0.25) is 4.79 Å². The molecule has 1 fully saturated rings. The molecule has 0 saturated heterocycles. The maximum Gasteiger partial charge on any atom is 0.407 e. The Labute approximate surface area is 184 Å². The summed E-state index contributed by atoms with van der Waals surface area (Å²) in [6, 6.07) is 9.82. The van der Waals surface area contributed by atoms with Gasteiger partial charge >= 0.3 is 6.09 Å². The molecule has 0 aliphatic heterocycles. The average molecular weight is 428 g/mol. The van der Waals surface area contributed by atoms with E-state index in [1.165, 1.54) is 0 Å². The highest BCUT2D eigenvalue weighted by molar-refractivity contribution is 5.77. The summed E-state index contributed by atoms with van der Waals surface area (Å²) in [4.78, 5) is 29.2. The van der Waals surface area contributed by atoms with Crippen LogP contribution < -0.4 is 10.6 Å². The molecule has 1 heterocycles. The van der Waals surface area contributed by atoms with Crippen molar-refractivity contribution >= 4 is 12.0 Å². The van der Waals surface area contributed by atoms with Crippen LogP contribution in [0.15, 0.2) is 34.7 Å². The number of rotatable bonds is 7. The standard InChI is InChI=1S/C24H33N3O4/c1-17-21(18-10-6-5-7-11-18)30-20(26-17)13-12-19(28)27-24(14-8-9-15-24)16-25-22(29)31-23(2,3)4/h5-7,10-11H,8-9,12-16H2,1-4H3,(H,25,29)(H,27,28). The van der Waals surface area contributed by atoms with Crippen LogP contribution in [0.2, 0.25) is 0 Å². The lowest BCUT2D eigenvalue weighted by atomic mass is 9.97. The SMILES string of the molecule is Cc1nc(CCC(=O)NC2(CNC(=O)OC(C)(C)C)CCCC2)oc1-c1ccccc1. The molecular formula is C24H33N3O4. The van der Waals surface area contributed by atoms with Crippen molar-refractivity contribution in [1.82, 2.24) is 15.6 Å². The fourth-order valence-corrected chi connectivity index (χ4v) is 3.95. The van der Waals surface area contributed by atoms with E-state index in [1.54, 1.807) is 0 Å². The Morgan fingerprint density at radius 3 is 2.48 bits per heavy atom. The minimum Gasteiger partial charge on any atom is -0.444 e. The first-order valence-electron chi connectivity index (χ1n) is 11.0. The third-order valence-electron chi connectivity index (χ3n) is 5.38. The van der Waals surface area contributed by atoms with Gasteiger partial charge in [0, 0.05) is 24.9 Å². The van der Waals surface area contributed by atoms with E-state index in [1.807, 2.05) is 58.0 Å². The second kappa shape index (κ2) is 9.54. The molecule has 1 aliphatic carbocycles. The Morgan fingerprint density at radius 1 is 1.16 bits per heavy atom. The van der Waals surface area contributed by atoms with Crippen molar-refractivity contribution in [3.05, 3.63) is 41.9 Å². The van der Waals surface area contributed by atoms with Crippen LogP contribution in [0.3, 0.4) is 0 Å². The van der Waals surface area contributed by atoms with E-state index >= 15 is 0 Å². The van der Waals surface area contributed by atoms with Crippen molar-refractivity contribution in [2.45, 2.75) is 77.4 Å². The zero-order valence-corrected chi connectivity index (χ0v) is 18.9. The molecule has 0 atom stereocenters. The molecule has 0 unspecified atom stereocenters. The van der Waals surface area contributed by atoms with Crippen molar-refractivity contribution in [2.75, 3.05) is 6.54 Å². The number of oxazole rings is 1. The summed E-state index contributed by atoms with van der Waals surface area (Å²) < 4.78 is 11.2. The van der Waals surface area contributed by atoms with E-state index in [4.69, 9.17) is 9.15 Å². The number of hydrogen-bond acceptors (Lipinski definition) is 5. The summed E-state index contributed by atoms with van der Waals surface area (Å²) in [7, 11) is 0. The first-order valence-corrected chi connectivity index (χ1v) is 11.0. The lowest BCUT2D eigenvalue weighted by Crippen LogP contribution is -2.54. The Kier molecular flexibility index (Phi) is 7.03. The summed E-state index contributed by atoms with van der Waals surface area (Å²) in [6.07, 6.45) is 3.97. The lowest BCUT2D eigenvalue weighted by Gasteiger charge is -2.31. The van der Waals surface area contributed by atoms with Crippen LogP contribution in [-0.2, 0) is 16.0 Å². The predicted molar refractivity (Wildman–Crippen MR) is 119 cm³/mol. The number of ether oxygens (including phenoxy) is 1. The molecule has 168 valence electrons. The van der Waals surface area contributed by atoms with Crippen molar-refractivity contribution in [2.24, 2.45) is 0 Å². The molecule has 0 bridgehead atoms. The van der Waals surface area contributed by atoms with E-state index in [-0.39, 0.29) is 12.3 Å². The second-order valence-corrected chi connectivity index (χ2v) is 9.28. The van der Waals surface area contributed by atoms with Crippen LogP contribution in [0.1, 0.15) is 64.5 Å². The van der Waals surface area contributed by atoms with Crippen molar-refractivity contribution in [1.29, 1.82) is 0 Å². The molecule has 31 heavy (non-hydrogen) atoms. The third-order valence-corrected chi connectivity index (χ3v) is 5.38.